The second-order valence-corrected chi connectivity index (χ2v) is 3.66. The van der Waals surface area contributed by atoms with Crippen LogP contribution in [0.15, 0.2) is 0 Å². The molecule has 2 heterocycles. The van der Waals surface area contributed by atoms with E-state index in [0.717, 1.165) is 6.61 Å². The Kier molecular flexibility index (Phi) is 2.79. The molecular weight excluding hydrogens is 184 g/mol. The maximum absolute atomic E-state index is 5.64. The van der Waals surface area contributed by atoms with Crippen LogP contribution in [-0.4, -0.2) is 43.9 Å². The smallest absolute Gasteiger partial charge is 0.224 e. The Labute approximate surface area is 84.5 Å². The summed E-state index contributed by atoms with van der Waals surface area (Å²) in [6, 6.07) is 0. The Balaban J connectivity index is 2.00. The maximum atomic E-state index is 5.64. The molecule has 0 N–H and O–H groups in total. The number of hydrogen-bond acceptors (Lipinski definition) is 4. The first kappa shape index (κ1) is 10.4. The fraction of sp³-hybridized carbons (Fsp3) is 1.00. The van der Waals surface area contributed by atoms with E-state index in [4.69, 9.17) is 18.9 Å². The van der Waals surface area contributed by atoms with Crippen LogP contribution in [-0.2, 0) is 18.9 Å². The molecule has 14 heavy (non-hydrogen) atoms. The first-order valence-corrected chi connectivity index (χ1v) is 5.29. The second-order valence-electron chi connectivity index (χ2n) is 3.66. The van der Waals surface area contributed by atoms with E-state index >= 15 is 0 Å². The fourth-order valence-corrected chi connectivity index (χ4v) is 1.89. The van der Waals surface area contributed by atoms with Crippen LogP contribution in [0.25, 0.3) is 0 Å². The summed E-state index contributed by atoms with van der Waals surface area (Å²) in [6.07, 6.45) is 0.206. The third kappa shape index (κ3) is 1.67. The predicted octanol–water partition coefficient (Wildman–Crippen LogP) is 0.942. The summed E-state index contributed by atoms with van der Waals surface area (Å²) in [6.45, 7) is 8.00. The van der Waals surface area contributed by atoms with Crippen molar-refractivity contribution in [2.45, 2.75) is 44.9 Å². The first-order valence-electron chi connectivity index (χ1n) is 5.29. The van der Waals surface area contributed by atoms with Crippen LogP contribution in [0, 0.1) is 0 Å². The topological polar surface area (TPSA) is 43.5 Å². The Morgan fingerprint density at radius 1 is 1.43 bits per heavy atom. The van der Waals surface area contributed by atoms with Gasteiger partial charge >= 0.3 is 0 Å². The molecule has 2 fully saturated rings. The molecule has 0 spiro atoms. The molecule has 0 aromatic rings. The zero-order valence-corrected chi connectivity index (χ0v) is 8.99. The standard InChI is InChI=1S/C10H18O4/c1-4-11-9(8-6-12-8)10(13-5-2)7(3)14-10/h7-9H,4-6H2,1-3H3. The molecule has 4 unspecified atom stereocenters. The minimum atomic E-state index is -0.536. The van der Waals surface area contributed by atoms with Gasteiger partial charge in [0.1, 0.15) is 18.3 Å². The number of epoxide rings is 2. The van der Waals surface area contributed by atoms with E-state index in [1.54, 1.807) is 0 Å². The monoisotopic (exact) mass is 202 g/mol. The lowest BCUT2D eigenvalue weighted by molar-refractivity contribution is -0.144. The largest absolute Gasteiger partial charge is 0.370 e. The van der Waals surface area contributed by atoms with Crippen LogP contribution in [0.2, 0.25) is 0 Å². The molecule has 0 bridgehead atoms. The highest BCUT2D eigenvalue weighted by Gasteiger charge is 2.65. The van der Waals surface area contributed by atoms with Gasteiger partial charge in [0, 0.05) is 13.2 Å². The minimum absolute atomic E-state index is 0.0672. The van der Waals surface area contributed by atoms with Gasteiger partial charge in [-0.1, -0.05) is 0 Å². The summed E-state index contributed by atoms with van der Waals surface area (Å²) in [5.41, 5.74) is 0. The van der Waals surface area contributed by atoms with Gasteiger partial charge < -0.3 is 18.9 Å². The summed E-state index contributed by atoms with van der Waals surface area (Å²) >= 11 is 0. The van der Waals surface area contributed by atoms with Crippen molar-refractivity contribution < 1.29 is 18.9 Å². The number of rotatable bonds is 6. The Morgan fingerprint density at radius 3 is 2.43 bits per heavy atom. The van der Waals surface area contributed by atoms with Gasteiger partial charge in [-0.15, -0.1) is 0 Å². The maximum Gasteiger partial charge on any atom is 0.224 e. The van der Waals surface area contributed by atoms with Gasteiger partial charge in [-0.25, -0.2) is 0 Å². The van der Waals surface area contributed by atoms with Crippen molar-refractivity contribution in [3.8, 4) is 0 Å². The highest BCUT2D eigenvalue weighted by Crippen LogP contribution is 2.45. The Bertz CT molecular complexity index is 204. The van der Waals surface area contributed by atoms with Gasteiger partial charge in [-0.05, 0) is 20.8 Å². The highest BCUT2D eigenvalue weighted by atomic mass is 16.8. The fourth-order valence-electron chi connectivity index (χ4n) is 1.89. The SMILES string of the molecule is CCOC(C1CO1)C1(OCC)OC1C. The highest BCUT2D eigenvalue weighted by molar-refractivity contribution is 5.04. The van der Waals surface area contributed by atoms with Gasteiger partial charge in [-0.3, -0.25) is 0 Å². The molecule has 2 aliphatic rings. The summed E-state index contributed by atoms with van der Waals surface area (Å²) in [5, 5.41) is 0. The Morgan fingerprint density at radius 2 is 2.07 bits per heavy atom. The molecule has 4 nitrogen and oxygen atoms in total. The minimum Gasteiger partial charge on any atom is -0.370 e. The molecule has 0 radical (unpaired) electrons. The lowest BCUT2D eigenvalue weighted by Crippen LogP contribution is -2.41. The van der Waals surface area contributed by atoms with E-state index in [0.29, 0.717) is 13.2 Å². The quantitative estimate of drug-likeness (QED) is 0.601. The second kappa shape index (κ2) is 3.77. The summed E-state index contributed by atoms with van der Waals surface area (Å²) in [7, 11) is 0. The molecule has 0 aliphatic carbocycles. The normalized spacial score (nSPS) is 42.2. The van der Waals surface area contributed by atoms with E-state index in [-0.39, 0.29) is 18.3 Å². The van der Waals surface area contributed by atoms with Gasteiger partial charge in [0.15, 0.2) is 0 Å². The third-order valence-electron chi connectivity index (χ3n) is 2.68. The average molecular weight is 202 g/mol. The summed E-state index contributed by atoms with van der Waals surface area (Å²) < 4.78 is 22.1. The van der Waals surface area contributed by atoms with Crippen molar-refractivity contribution in [1.29, 1.82) is 0 Å². The van der Waals surface area contributed by atoms with Crippen molar-refractivity contribution in [2.75, 3.05) is 19.8 Å². The molecule has 2 saturated heterocycles. The van der Waals surface area contributed by atoms with Crippen LogP contribution in [0.5, 0.6) is 0 Å². The number of ether oxygens (including phenoxy) is 4. The van der Waals surface area contributed by atoms with Crippen LogP contribution in [0.1, 0.15) is 20.8 Å². The van der Waals surface area contributed by atoms with Crippen molar-refractivity contribution in [3.63, 3.8) is 0 Å². The molecule has 0 aromatic heterocycles. The van der Waals surface area contributed by atoms with Crippen molar-refractivity contribution in [2.24, 2.45) is 0 Å². The van der Waals surface area contributed by atoms with Crippen molar-refractivity contribution in [1.82, 2.24) is 0 Å². The zero-order chi connectivity index (χ0) is 10.2. The predicted molar refractivity (Wildman–Crippen MR) is 50.1 cm³/mol. The van der Waals surface area contributed by atoms with Crippen LogP contribution in [0.3, 0.4) is 0 Å². The first-order chi connectivity index (χ1) is 6.74. The van der Waals surface area contributed by atoms with E-state index < -0.39 is 5.79 Å². The molecule has 4 heteroatoms. The summed E-state index contributed by atoms with van der Waals surface area (Å²) in [4.78, 5) is 0. The molecule has 4 atom stereocenters. The van der Waals surface area contributed by atoms with Crippen LogP contribution in [0.4, 0.5) is 0 Å². The molecular formula is C10H18O4. The Hall–Kier alpha value is -0.160. The van der Waals surface area contributed by atoms with E-state index in [1.165, 1.54) is 0 Å². The molecule has 2 aliphatic heterocycles. The molecule has 0 saturated carbocycles. The van der Waals surface area contributed by atoms with E-state index in [9.17, 15) is 0 Å². The van der Waals surface area contributed by atoms with E-state index in [2.05, 4.69) is 0 Å². The van der Waals surface area contributed by atoms with Crippen molar-refractivity contribution >= 4 is 0 Å². The average Bonchev–Trinajstić information content (AvgIpc) is 3.02. The molecule has 0 aromatic carbocycles. The molecule has 0 amide bonds. The zero-order valence-electron chi connectivity index (χ0n) is 8.99. The third-order valence-corrected chi connectivity index (χ3v) is 2.68. The van der Waals surface area contributed by atoms with Gasteiger partial charge in [-0.2, -0.15) is 0 Å². The number of hydrogen-bond donors (Lipinski definition) is 0. The van der Waals surface area contributed by atoms with Gasteiger partial charge in [0.05, 0.1) is 6.61 Å². The lowest BCUT2D eigenvalue weighted by atomic mass is 10.1. The lowest BCUT2D eigenvalue weighted by Gasteiger charge is -2.22. The van der Waals surface area contributed by atoms with Gasteiger partial charge in [0.25, 0.3) is 0 Å². The van der Waals surface area contributed by atoms with Crippen LogP contribution >= 0.6 is 0 Å². The molecule has 2 rings (SSSR count). The van der Waals surface area contributed by atoms with E-state index in [1.807, 2.05) is 20.8 Å². The summed E-state index contributed by atoms with van der Waals surface area (Å²) in [5.74, 6) is -0.536. The van der Waals surface area contributed by atoms with Gasteiger partial charge in [0.2, 0.25) is 5.79 Å². The van der Waals surface area contributed by atoms with Crippen LogP contribution < -0.4 is 0 Å². The molecule has 82 valence electrons. The van der Waals surface area contributed by atoms with Crippen molar-refractivity contribution in [3.05, 3.63) is 0 Å².